The molecular weight excluding hydrogens is 158 g/mol. The molecule has 0 aromatic heterocycles. The molecule has 1 nitrogen and oxygen atoms in total. The highest BCUT2D eigenvalue weighted by Crippen LogP contribution is 2.54. The normalized spacial score (nSPS) is 29.3. The fraction of sp³-hybridized carbons (Fsp3) is 0.500. The Morgan fingerprint density at radius 3 is 2.85 bits per heavy atom. The fourth-order valence-electron chi connectivity index (χ4n) is 3.28. The summed E-state index contributed by atoms with van der Waals surface area (Å²) in [7, 11) is 0. The van der Waals surface area contributed by atoms with E-state index in [0.717, 1.165) is 17.5 Å². The topological polar surface area (TPSA) is 26.0 Å². The third kappa shape index (κ3) is 0.874. The van der Waals surface area contributed by atoms with Gasteiger partial charge in [0.05, 0.1) is 0 Å². The Labute approximate surface area is 78.9 Å². The Bertz CT molecular complexity index is 368. The van der Waals surface area contributed by atoms with E-state index in [1.54, 1.807) is 11.1 Å². The second-order valence-corrected chi connectivity index (χ2v) is 4.55. The van der Waals surface area contributed by atoms with Crippen molar-refractivity contribution in [2.24, 2.45) is 0 Å². The number of hydrogen-bond donors (Lipinski definition) is 1. The number of rotatable bonds is 0. The van der Waals surface area contributed by atoms with Crippen molar-refractivity contribution in [2.45, 2.75) is 38.0 Å². The van der Waals surface area contributed by atoms with Crippen LogP contribution in [0.1, 0.15) is 47.8 Å². The minimum absolute atomic E-state index is 0.835. The third-order valence-corrected chi connectivity index (χ3v) is 3.72. The van der Waals surface area contributed by atoms with E-state index in [-0.39, 0.29) is 0 Å². The number of nitrogens with two attached hydrogens (primary N) is 1. The van der Waals surface area contributed by atoms with Crippen LogP contribution >= 0.6 is 0 Å². The van der Waals surface area contributed by atoms with Gasteiger partial charge in [-0.2, -0.15) is 0 Å². The zero-order valence-electron chi connectivity index (χ0n) is 8.01. The zero-order chi connectivity index (χ0) is 9.00. The molecule has 2 unspecified atom stereocenters. The van der Waals surface area contributed by atoms with Gasteiger partial charge in [-0.05, 0) is 66.8 Å². The molecule has 1 fully saturated rings. The minimum Gasteiger partial charge on any atom is -0.399 e. The first-order chi connectivity index (χ1) is 6.25. The summed E-state index contributed by atoms with van der Waals surface area (Å²) in [4.78, 5) is 0. The lowest BCUT2D eigenvalue weighted by atomic mass is 9.88. The second-order valence-electron chi connectivity index (χ2n) is 4.55. The number of anilines is 1. The van der Waals surface area contributed by atoms with Gasteiger partial charge >= 0.3 is 0 Å². The van der Waals surface area contributed by atoms with E-state index in [1.165, 1.54) is 24.8 Å². The monoisotopic (exact) mass is 173 g/mol. The highest BCUT2D eigenvalue weighted by Gasteiger charge is 2.37. The van der Waals surface area contributed by atoms with Gasteiger partial charge in [0.2, 0.25) is 0 Å². The Morgan fingerprint density at radius 1 is 1.23 bits per heavy atom. The summed E-state index contributed by atoms with van der Waals surface area (Å²) in [5.41, 5.74) is 11.4. The Kier molecular flexibility index (Phi) is 1.30. The molecule has 0 aliphatic heterocycles. The molecule has 0 heterocycles. The zero-order valence-corrected chi connectivity index (χ0v) is 8.01. The largest absolute Gasteiger partial charge is 0.399 e. The molecule has 2 aliphatic carbocycles. The molecule has 1 heteroatoms. The molecule has 0 amide bonds. The van der Waals surface area contributed by atoms with Crippen molar-refractivity contribution in [3.05, 3.63) is 28.8 Å². The van der Waals surface area contributed by atoms with E-state index in [2.05, 4.69) is 19.1 Å². The molecule has 3 rings (SSSR count). The van der Waals surface area contributed by atoms with Crippen LogP contribution in [-0.2, 0) is 0 Å². The number of nitrogen functional groups attached to an aromatic ring is 1. The van der Waals surface area contributed by atoms with E-state index in [1.807, 2.05) is 0 Å². The van der Waals surface area contributed by atoms with E-state index in [9.17, 15) is 0 Å². The first kappa shape index (κ1) is 7.43. The average molecular weight is 173 g/mol. The molecule has 68 valence electrons. The van der Waals surface area contributed by atoms with E-state index in [4.69, 9.17) is 5.73 Å². The van der Waals surface area contributed by atoms with Gasteiger partial charge in [0.25, 0.3) is 0 Å². The Hall–Kier alpha value is -0.980. The highest BCUT2D eigenvalue weighted by molar-refractivity contribution is 5.55. The van der Waals surface area contributed by atoms with E-state index in [0.29, 0.717) is 0 Å². The van der Waals surface area contributed by atoms with Crippen molar-refractivity contribution < 1.29 is 0 Å². The molecule has 1 aromatic carbocycles. The molecule has 2 N–H and O–H groups in total. The Morgan fingerprint density at radius 2 is 2.00 bits per heavy atom. The SMILES string of the molecule is Cc1cc(N)cc2c1C1CCC2C1. The van der Waals surface area contributed by atoms with Gasteiger partial charge in [0.15, 0.2) is 0 Å². The van der Waals surface area contributed by atoms with Crippen LogP contribution in [0.15, 0.2) is 12.1 Å². The van der Waals surface area contributed by atoms with Gasteiger partial charge in [-0.25, -0.2) is 0 Å². The summed E-state index contributed by atoms with van der Waals surface area (Å²) in [6.45, 7) is 2.20. The Balaban J connectivity index is 2.26. The summed E-state index contributed by atoms with van der Waals surface area (Å²) in [5.74, 6) is 1.70. The molecule has 1 saturated carbocycles. The molecule has 0 radical (unpaired) electrons. The first-order valence-electron chi connectivity index (χ1n) is 5.15. The molecule has 13 heavy (non-hydrogen) atoms. The van der Waals surface area contributed by atoms with Crippen molar-refractivity contribution in [1.29, 1.82) is 0 Å². The highest BCUT2D eigenvalue weighted by atomic mass is 14.6. The number of hydrogen-bond acceptors (Lipinski definition) is 1. The van der Waals surface area contributed by atoms with Gasteiger partial charge in [-0.3, -0.25) is 0 Å². The number of fused-ring (bicyclic) bond motifs is 5. The summed E-state index contributed by atoms with van der Waals surface area (Å²) >= 11 is 0. The molecule has 0 spiro atoms. The van der Waals surface area contributed by atoms with Gasteiger partial charge in [-0.15, -0.1) is 0 Å². The fourth-order valence-corrected chi connectivity index (χ4v) is 3.28. The van der Waals surface area contributed by atoms with E-state index >= 15 is 0 Å². The van der Waals surface area contributed by atoms with Crippen molar-refractivity contribution in [1.82, 2.24) is 0 Å². The van der Waals surface area contributed by atoms with Crippen LogP contribution in [0.4, 0.5) is 5.69 Å². The summed E-state index contributed by atoms with van der Waals surface area (Å²) < 4.78 is 0. The van der Waals surface area contributed by atoms with Crippen LogP contribution in [0.3, 0.4) is 0 Å². The van der Waals surface area contributed by atoms with E-state index < -0.39 is 0 Å². The van der Waals surface area contributed by atoms with Gasteiger partial charge in [-0.1, -0.05) is 0 Å². The van der Waals surface area contributed by atoms with Crippen LogP contribution < -0.4 is 5.73 Å². The molecule has 2 aliphatic rings. The predicted molar refractivity (Wildman–Crippen MR) is 54.9 cm³/mol. The maximum atomic E-state index is 5.86. The van der Waals surface area contributed by atoms with Crippen molar-refractivity contribution in [3.8, 4) is 0 Å². The first-order valence-corrected chi connectivity index (χ1v) is 5.15. The standard InChI is InChI=1S/C12H15N/c1-7-4-10(13)6-11-8-2-3-9(5-8)12(7)11/h4,6,8-9H,2-3,5,13H2,1H3. The van der Waals surface area contributed by atoms with Gasteiger partial charge < -0.3 is 5.73 Å². The molecule has 2 atom stereocenters. The molecule has 1 aromatic rings. The average Bonchev–Trinajstić information content (AvgIpc) is 2.62. The molecule has 2 bridgehead atoms. The maximum Gasteiger partial charge on any atom is 0.0319 e. The van der Waals surface area contributed by atoms with Crippen LogP contribution in [0, 0.1) is 6.92 Å². The van der Waals surface area contributed by atoms with Gasteiger partial charge in [0.1, 0.15) is 0 Å². The smallest absolute Gasteiger partial charge is 0.0319 e. The summed E-state index contributed by atoms with van der Waals surface area (Å²) in [6.07, 6.45) is 4.18. The third-order valence-electron chi connectivity index (χ3n) is 3.72. The van der Waals surface area contributed by atoms with Crippen molar-refractivity contribution >= 4 is 5.69 Å². The van der Waals surface area contributed by atoms with Crippen molar-refractivity contribution in [2.75, 3.05) is 5.73 Å². The lowest BCUT2D eigenvalue weighted by Crippen LogP contribution is -2.01. The quantitative estimate of drug-likeness (QED) is 0.600. The van der Waals surface area contributed by atoms with Gasteiger partial charge in [0, 0.05) is 5.69 Å². The molecule has 0 saturated heterocycles. The van der Waals surface area contributed by atoms with Crippen LogP contribution in [-0.4, -0.2) is 0 Å². The predicted octanol–water partition coefficient (Wildman–Crippen LogP) is 2.94. The number of aryl methyl sites for hydroxylation is 1. The van der Waals surface area contributed by atoms with Crippen molar-refractivity contribution in [3.63, 3.8) is 0 Å². The minimum atomic E-state index is 0.835. The molecular formula is C12H15N. The number of benzene rings is 1. The van der Waals surface area contributed by atoms with Crippen LogP contribution in [0.2, 0.25) is 0 Å². The lowest BCUT2D eigenvalue weighted by molar-refractivity contribution is 0.714. The summed E-state index contributed by atoms with van der Waals surface area (Å²) in [5, 5.41) is 0. The summed E-state index contributed by atoms with van der Waals surface area (Å²) in [6, 6.07) is 4.33. The van der Waals surface area contributed by atoms with Crippen LogP contribution in [0.5, 0.6) is 0 Å². The lowest BCUT2D eigenvalue weighted by Gasteiger charge is -2.17. The second kappa shape index (κ2) is 2.28. The van der Waals surface area contributed by atoms with Crippen LogP contribution in [0.25, 0.3) is 0 Å². The maximum absolute atomic E-state index is 5.86.